The van der Waals surface area contributed by atoms with Gasteiger partial charge in [0.15, 0.2) is 0 Å². The summed E-state index contributed by atoms with van der Waals surface area (Å²) in [6, 6.07) is 15.2. The van der Waals surface area contributed by atoms with Gasteiger partial charge in [-0.25, -0.2) is 4.79 Å². The first-order valence-corrected chi connectivity index (χ1v) is 7.01. The van der Waals surface area contributed by atoms with Crippen LogP contribution >= 0.6 is 0 Å². The minimum absolute atomic E-state index is 0.247. The lowest BCUT2D eigenvalue weighted by atomic mass is 10.2. The molecule has 2 amide bonds. The zero-order valence-corrected chi connectivity index (χ0v) is 12.3. The Balaban J connectivity index is 1.96. The second-order valence-electron chi connectivity index (χ2n) is 4.73. The van der Waals surface area contributed by atoms with Crippen LogP contribution in [0.5, 0.6) is 5.75 Å². The fourth-order valence-electron chi connectivity index (χ4n) is 1.95. The zero-order valence-electron chi connectivity index (χ0n) is 12.3. The molecule has 0 heterocycles. The first-order valence-electron chi connectivity index (χ1n) is 7.01. The number of carbonyl (C=O) groups is 1. The summed E-state index contributed by atoms with van der Waals surface area (Å²) in [5.74, 6) is 0.687. The van der Waals surface area contributed by atoms with E-state index in [9.17, 15) is 4.79 Å². The molecule has 0 radical (unpaired) electrons. The number of nitrogens with one attached hydrogen (secondary N) is 2. The Bertz CT molecular complexity index is 597. The largest absolute Gasteiger partial charge is 0.492 e. The van der Waals surface area contributed by atoms with Crippen molar-refractivity contribution in [2.45, 2.75) is 20.4 Å². The van der Waals surface area contributed by atoms with Crippen molar-refractivity contribution >= 4 is 11.7 Å². The molecule has 21 heavy (non-hydrogen) atoms. The highest BCUT2D eigenvalue weighted by Crippen LogP contribution is 2.25. The summed E-state index contributed by atoms with van der Waals surface area (Å²) < 4.78 is 5.54. The molecule has 0 bridgehead atoms. The maximum Gasteiger partial charge on any atom is 0.319 e. The third kappa shape index (κ3) is 4.53. The van der Waals surface area contributed by atoms with Crippen molar-refractivity contribution in [1.82, 2.24) is 5.32 Å². The monoisotopic (exact) mass is 284 g/mol. The third-order valence-corrected chi connectivity index (χ3v) is 2.98. The summed E-state index contributed by atoms with van der Waals surface area (Å²) in [5, 5.41) is 5.64. The van der Waals surface area contributed by atoms with Gasteiger partial charge in [-0.2, -0.15) is 0 Å². The molecule has 0 saturated heterocycles. The molecule has 0 atom stereocenters. The van der Waals surface area contributed by atoms with Crippen LogP contribution < -0.4 is 15.4 Å². The van der Waals surface area contributed by atoms with E-state index >= 15 is 0 Å². The van der Waals surface area contributed by atoms with Crippen LogP contribution in [0.15, 0.2) is 48.5 Å². The number of urea groups is 1. The van der Waals surface area contributed by atoms with E-state index in [0.717, 1.165) is 11.1 Å². The molecule has 0 aliphatic rings. The van der Waals surface area contributed by atoms with Crippen LogP contribution in [0.1, 0.15) is 18.1 Å². The van der Waals surface area contributed by atoms with Gasteiger partial charge in [-0.15, -0.1) is 0 Å². The van der Waals surface area contributed by atoms with Gasteiger partial charge < -0.3 is 15.4 Å². The highest BCUT2D eigenvalue weighted by atomic mass is 16.5. The van der Waals surface area contributed by atoms with Gasteiger partial charge in [-0.1, -0.05) is 36.4 Å². The van der Waals surface area contributed by atoms with Gasteiger partial charge in [0.1, 0.15) is 5.75 Å². The number of amides is 2. The Hall–Kier alpha value is -2.49. The summed E-state index contributed by atoms with van der Waals surface area (Å²) in [4.78, 5) is 11.9. The van der Waals surface area contributed by atoms with Gasteiger partial charge in [-0.3, -0.25) is 0 Å². The molecular weight excluding hydrogens is 264 g/mol. The Morgan fingerprint density at radius 2 is 1.90 bits per heavy atom. The molecule has 0 fully saturated rings. The fraction of sp³-hybridized carbons (Fsp3) is 0.235. The van der Waals surface area contributed by atoms with Gasteiger partial charge in [0.25, 0.3) is 0 Å². The molecular formula is C17H20N2O2. The molecule has 0 saturated carbocycles. The number of ether oxygens (including phenoxy) is 1. The fourth-order valence-corrected chi connectivity index (χ4v) is 1.95. The van der Waals surface area contributed by atoms with Crippen molar-refractivity contribution in [3.63, 3.8) is 0 Å². The zero-order chi connectivity index (χ0) is 15.1. The van der Waals surface area contributed by atoms with Gasteiger partial charge in [-0.05, 0) is 37.1 Å². The molecule has 2 aromatic rings. The maximum atomic E-state index is 11.9. The molecule has 2 rings (SSSR count). The van der Waals surface area contributed by atoms with Crippen LogP contribution in [-0.2, 0) is 6.54 Å². The van der Waals surface area contributed by atoms with Crippen molar-refractivity contribution in [2.75, 3.05) is 11.9 Å². The predicted molar refractivity (Wildman–Crippen MR) is 84.6 cm³/mol. The second kappa shape index (κ2) is 7.33. The first-order chi connectivity index (χ1) is 10.2. The molecule has 0 spiro atoms. The molecule has 2 aromatic carbocycles. The van der Waals surface area contributed by atoms with Crippen molar-refractivity contribution < 1.29 is 9.53 Å². The molecule has 0 aliphatic heterocycles. The number of hydrogen-bond donors (Lipinski definition) is 2. The molecule has 2 N–H and O–H groups in total. The number of anilines is 1. The van der Waals surface area contributed by atoms with E-state index in [1.54, 1.807) is 0 Å². The summed E-state index contributed by atoms with van der Waals surface area (Å²) in [6.07, 6.45) is 0. The van der Waals surface area contributed by atoms with Crippen LogP contribution in [0.4, 0.5) is 10.5 Å². The standard InChI is InChI=1S/C17H20N2O2/c1-3-21-16-11-13(2)9-10-15(16)19-17(20)18-12-14-7-5-4-6-8-14/h4-11H,3,12H2,1-2H3,(H2,18,19,20). The van der Waals surface area contributed by atoms with E-state index in [1.807, 2.05) is 62.4 Å². The van der Waals surface area contributed by atoms with Crippen LogP contribution in [0.2, 0.25) is 0 Å². The summed E-state index contributed by atoms with van der Waals surface area (Å²) in [5.41, 5.74) is 2.82. The molecule has 0 aliphatic carbocycles. The van der Waals surface area contributed by atoms with E-state index in [0.29, 0.717) is 24.6 Å². The first kappa shape index (κ1) is 14.9. The van der Waals surface area contributed by atoms with Gasteiger partial charge in [0, 0.05) is 6.54 Å². The quantitative estimate of drug-likeness (QED) is 0.879. The Kier molecular flexibility index (Phi) is 5.21. The van der Waals surface area contributed by atoms with Crippen molar-refractivity contribution in [2.24, 2.45) is 0 Å². The lowest BCUT2D eigenvalue weighted by molar-refractivity contribution is 0.251. The van der Waals surface area contributed by atoms with Crippen LogP contribution in [0, 0.1) is 6.92 Å². The van der Waals surface area contributed by atoms with Crippen molar-refractivity contribution in [3.05, 3.63) is 59.7 Å². The third-order valence-electron chi connectivity index (χ3n) is 2.98. The summed E-state index contributed by atoms with van der Waals surface area (Å²) in [7, 11) is 0. The van der Waals surface area contributed by atoms with Crippen LogP contribution in [-0.4, -0.2) is 12.6 Å². The molecule has 0 aromatic heterocycles. The molecule has 0 unspecified atom stereocenters. The van der Waals surface area contributed by atoms with Gasteiger partial charge in [0.05, 0.1) is 12.3 Å². The highest BCUT2D eigenvalue weighted by molar-refractivity contribution is 5.90. The minimum atomic E-state index is -0.247. The minimum Gasteiger partial charge on any atom is -0.492 e. The summed E-state index contributed by atoms with van der Waals surface area (Å²) in [6.45, 7) is 4.95. The molecule has 4 heteroatoms. The maximum absolute atomic E-state index is 11.9. The Morgan fingerprint density at radius 3 is 2.62 bits per heavy atom. The lowest BCUT2D eigenvalue weighted by Crippen LogP contribution is -2.28. The van der Waals surface area contributed by atoms with Crippen molar-refractivity contribution in [3.8, 4) is 5.75 Å². The molecule has 4 nitrogen and oxygen atoms in total. The highest BCUT2D eigenvalue weighted by Gasteiger charge is 2.07. The Morgan fingerprint density at radius 1 is 1.14 bits per heavy atom. The number of benzene rings is 2. The van der Waals surface area contributed by atoms with E-state index < -0.39 is 0 Å². The number of hydrogen-bond acceptors (Lipinski definition) is 2. The summed E-state index contributed by atoms with van der Waals surface area (Å²) >= 11 is 0. The van der Waals surface area contributed by atoms with Crippen LogP contribution in [0.25, 0.3) is 0 Å². The smallest absolute Gasteiger partial charge is 0.319 e. The van der Waals surface area contributed by atoms with Gasteiger partial charge >= 0.3 is 6.03 Å². The Labute approximate surface area is 125 Å². The normalized spacial score (nSPS) is 10.0. The average Bonchev–Trinajstić information content (AvgIpc) is 2.49. The van der Waals surface area contributed by atoms with E-state index in [2.05, 4.69) is 10.6 Å². The van der Waals surface area contributed by atoms with E-state index in [1.165, 1.54) is 0 Å². The predicted octanol–water partition coefficient (Wildman–Crippen LogP) is 3.72. The number of rotatable bonds is 5. The number of carbonyl (C=O) groups excluding carboxylic acids is 1. The van der Waals surface area contributed by atoms with E-state index in [4.69, 9.17) is 4.74 Å². The SMILES string of the molecule is CCOc1cc(C)ccc1NC(=O)NCc1ccccc1. The van der Waals surface area contributed by atoms with Gasteiger partial charge in [0.2, 0.25) is 0 Å². The number of aryl methyl sites for hydroxylation is 1. The average molecular weight is 284 g/mol. The second-order valence-corrected chi connectivity index (χ2v) is 4.73. The lowest BCUT2D eigenvalue weighted by Gasteiger charge is -2.13. The van der Waals surface area contributed by atoms with E-state index in [-0.39, 0.29) is 6.03 Å². The molecule has 110 valence electrons. The topological polar surface area (TPSA) is 50.4 Å². The van der Waals surface area contributed by atoms with Crippen LogP contribution in [0.3, 0.4) is 0 Å². The van der Waals surface area contributed by atoms with Crippen molar-refractivity contribution in [1.29, 1.82) is 0 Å².